The number of nitrogens with zero attached hydrogens (tertiary/aromatic N) is 1. The van der Waals surface area contributed by atoms with Gasteiger partial charge < -0.3 is 4.90 Å². The molecule has 0 N–H and O–H groups in total. The predicted molar refractivity (Wildman–Crippen MR) is 67.1 cm³/mol. The van der Waals surface area contributed by atoms with Crippen molar-refractivity contribution in [1.29, 1.82) is 0 Å². The van der Waals surface area contributed by atoms with E-state index in [4.69, 9.17) is 11.6 Å². The number of amides is 1. The van der Waals surface area contributed by atoms with Crippen molar-refractivity contribution in [3.05, 3.63) is 29.3 Å². The highest BCUT2D eigenvalue weighted by atomic mass is 35.5. The van der Waals surface area contributed by atoms with Crippen molar-refractivity contribution >= 4 is 23.2 Å². The molecule has 1 fully saturated rings. The Morgan fingerprint density at radius 3 is 2.50 bits per heavy atom. The Morgan fingerprint density at radius 1 is 1.31 bits per heavy atom. The first-order chi connectivity index (χ1) is 7.61. The van der Waals surface area contributed by atoms with Crippen molar-refractivity contribution in [3.63, 3.8) is 0 Å². The number of rotatable bonds is 2. The number of anilines is 1. The molecule has 1 aliphatic heterocycles. The number of hydrogen-bond donors (Lipinski definition) is 0. The molecular formula is C13H16ClNO. The molecule has 1 aliphatic rings. The zero-order chi connectivity index (χ0) is 11.7. The summed E-state index contributed by atoms with van der Waals surface area (Å²) in [5, 5.41) is 0. The van der Waals surface area contributed by atoms with E-state index in [0.717, 1.165) is 12.1 Å². The van der Waals surface area contributed by atoms with Gasteiger partial charge in [-0.05, 0) is 43.5 Å². The van der Waals surface area contributed by atoms with E-state index in [9.17, 15) is 4.79 Å². The van der Waals surface area contributed by atoms with Crippen molar-refractivity contribution in [1.82, 2.24) is 0 Å². The van der Waals surface area contributed by atoms with Crippen molar-refractivity contribution in [2.45, 2.75) is 32.7 Å². The van der Waals surface area contributed by atoms with Crippen LogP contribution in [0.15, 0.2) is 18.2 Å². The molecule has 1 heterocycles. The van der Waals surface area contributed by atoms with Crippen LogP contribution in [0.2, 0.25) is 0 Å². The van der Waals surface area contributed by atoms with Gasteiger partial charge in [0.25, 0.3) is 0 Å². The SMILES string of the molecule is Cc1cc(C)cc(N2C(=O)CCC2CCl)c1. The van der Waals surface area contributed by atoms with Gasteiger partial charge in [0.05, 0.1) is 6.04 Å². The molecule has 0 radical (unpaired) electrons. The minimum Gasteiger partial charge on any atom is -0.308 e. The lowest BCUT2D eigenvalue weighted by molar-refractivity contribution is -0.117. The van der Waals surface area contributed by atoms with Gasteiger partial charge in [0.15, 0.2) is 0 Å². The Hall–Kier alpha value is -1.02. The molecule has 3 heteroatoms. The first-order valence-corrected chi connectivity index (χ1v) is 6.11. The van der Waals surface area contributed by atoms with E-state index in [2.05, 4.69) is 18.2 Å². The largest absolute Gasteiger partial charge is 0.308 e. The molecular weight excluding hydrogens is 222 g/mol. The average molecular weight is 238 g/mol. The Bertz CT molecular complexity index is 396. The summed E-state index contributed by atoms with van der Waals surface area (Å²) in [7, 11) is 0. The van der Waals surface area contributed by atoms with Crippen LogP contribution in [0.5, 0.6) is 0 Å². The first-order valence-electron chi connectivity index (χ1n) is 5.58. The Balaban J connectivity index is 2.38. The fourth-order valence-electron chi connectivity index (χ4n) is 2.33. The number of aryl methyl sites for hydroxylation is 2. The normalized spacial score (nSPS) is 20.6. The molecule has 0 bridgehead atoms. The van der Waals surface area contributed by atoms with Gasteiger partial charge in [-0.15, -0.1) is 11.6 Å². The zero-order valence-corrected chi connectivity index (χ0v) is 10.4. The average Bonchev–Trinajstić information content (AvgIpc) is 2.58. The molecule has 0 saturated carbocycles. The lowest BCUT2D eigenvalue weighted by Gasteiger charge is -2.24. The second-order valence-electron chi connectivity index (χ2n) is 4.46. The Labute approximate surface area is 101 Å². The third-order valence-electron chi connectivity index (χ3n) is 2.99. The number of hydrogen-bond acceptors (Lipinski definition) is 1. The summed E-state index contributed by atoms with van der Waals surface area (Å²) < 4.78 is 0. The first kappa shape index (κ1) is 11.5. The lowest BCUT2D eigenvalue weighted by Crippen LogP contribution is -2.34. The quantitative estimate of drug-likeness (QED) is 0.724. The second-order valence-corrected chi connectivity index (χ2v) is 4.77. The van der Waals surface area contributed by atoms with Gasteiger partial charge in [-0.2, -0.15) is 0 Å². The molecule has 1 saturated heterocycles. The summed E-state index contributed by atoms with van der Waals surface area (Å²) in [6, 6.07) is 6.38. The molecule has 1 aromatic rings. The smallest absolute Gasteiger partial charge is 0.227 e. The van der Waals surface area contributed by atoms with Crippen LogP contribution in [-0.4, -0.2) is 17.8 Å². The molecule has 1 aromatic carbocycles. The van der Waals surface area contributed by atoms with E-state index in [1.165, 1.54) is 11.1 Å². The molecule has 1 unspecified atom stereocenters. The summed E-state index contributed by atoms with van der Waals surface area (Å²) in [5.74, 6) is 0.703. The maximum atomic E-state index is 11.8. The second kappa shape index (κ2) is 4.46. The number of benzene rings is 1. The van der Waals surface area contributed by atoms with Crippen LogP contribution >= 0.6 is 11.6 Å². The summed E-state index contributed by atoms with van der Waals surface area (Å²) in [6.45, 7) is 4.10. The highest BCUT2D eigenvalue weighted by molar-refractivity contribution is 6.19. The van der Waals surface area contributed by atoms with Gasteiger partial charge in [0.2, 0.25) is 5.91 Å². The topological polar surface area (TPSA) is 20.3 Å². The van der Waals surface area contributed by atoms with Crippen LogP contribution < -0.4 is 4.90 Å². The minimum atomic E-state index is 0.162. The van der Waals surface area contributed by atoms with E-state index in [1.807, 2.05) is 18.7 Å². The molecule has 0 spiro atoms. The molecule has 1 atom stereocenters. The monoisotopic (exact) mass is 237 g/mol. The van der Waals surface area contributed by atoms with Gasteiger partial charge in [0.1, 0.15) is 0 Å². The Morgan fingerprint density at radius 2 is 1.94 bits per heavy atom. The molecule has 86 valence electrons. The van der Waals surface area contributed by atoms with Gasteiger partial charge >= 0.3 is 0 Å². The molecule has 0 aliphatic carbocycles. The van der Waals surface area contributed by atoms with Gasteiger partial charge in [-0.3, -0.25) is 4.79 Å². The Kier molecular flexibility index (Phi) is 3.20. The third-order valence-corrected chi connectivity index (χ3v) is 3.34. The van der Waals surface area contributed by atoms with E-state index >= 15 is 0 Å². The standard InChI is InChI=1S/C13H16ClNO/c1-9-5-10(2)7-12(6-9)15-11(8-14)3-4-13(15)16/h5-7,11H,3-4,8H2,1-2H3. The molecule has 16 heavy (non-hydrogen) atoms. The highest BCUT2D eigenvalue weighted by Crippen LogP contribution is 2.28. The highest BCUT2D eigenvalue weighted by Gasteiger charge is 2.31. The van der Waals surface area contributed by atoms with Crippen LogP contribution in [0.25, 0.3) is 0 Å². The number of alkyl halides is 1. The van der Waals surface area contributed by atoms with E-state index < -0.39 is 0 Å². The molecule has 0 aromatic heterocycles. The van der Waals surface area contributed by atoms with Crippen molar-refractivity contribution in [2.24, 2.45) is 0 Å². The predicted octanol–water partition coefficient (Wildman–Crippen LogP) is 3.04. The molecule has 2 nitrogen and oxygen atoms in total. The number of carbonyl (C=O) groups is 1. The van der Waals surface area contributed by atoms with Crippen molar-refractivity contribution < 1.29 is 4.79 Å². The van der Waals surface area contributed by atoms with Crippen molar-refractivity contribution in [3.8, 4) is 0 Å². The lowest BCUT2D eigenvalue weighted by atomic mass is 10.1. The summed E-state index contributed by atoms with van der Waals surface area (Å²) in [6.07, 6.45) is 1.49. The summed E-state index contributed by atoms with van der Waals surface area (Å²) in [5.41, 5.74) is 3.36. The summed E-state index contributed by atoms with van der Waals surface area (Å²) in [4.78, 5) is 13.7. The maximum Gasteiger partial charge on any atom is 0.227 e. The summed E-state index contributed by atoms with van der Waals surface area (Å²) >= 11 is 5.90. The fourth-order valence-corrected chi connectivity index (χ4v) is 2.63. The molecule has 2 rings (SSSR count). The van der Waals surface area contributed by atoms with Gasteiger partial charge in [-0.25, -0.2) is 0 Å². The fraction of sp³-hybridized carbons (Fsp3) is 0.462. The van der Waals surface area contributed by atoms with Crippen LogP contribution in [-0.2, 0) is 4.79 Å². The van der Waals surface area contributed by atoms with Gasteiger partial charge in [-0.1, -0.05) is 6.07 Å². The minimum absolute atomic E-state index is 0.162. The molecule has 1 amide bonds. The van der Waals surface area contributed by atoms with Crippen LogP contribution in [0.1, 0.15) is 24.0 Å². The van der Waals surface area contributed by atoms with E-state index in [1.54, 1.807) is 0 Å². The van der Waals surface area contributed by atoms with Crippen molar-refractivity contribution in [2.75, 3.05) is 10.8 Å². The number of carbonyl (C=O) groups excluding carboxylic acids is 1. The van der Waals surface area contributed by atoms with Crippen LogP contribution in [0, 0.1) is 13.8 Å². The van der Waals surface area contributed by atoms with Crippen LogP contribution in [0.4, 0.5) is 5.69 Å². The number of halogens is 1. The van der Waals surface area contributed by atoms with E-state index in [-0.39, 0.29) is 11.9 Å². The van der Waals surface area contributed by atoms with Gasteiger partial charge in [0, 0.05) is 18.0 Å². The van der Waals surface area contributed by atoms with E-state index in [0.29, 0.717) is 12.3 Å². The van der Waals surface area contributed by atoms with Crippen LogP contribution in [0.3, 0.4) is 0 Å². The third kappa shape index (κ3) is 2.07. The zero-order valence-electron chi connectivity index (χ0n) is 9.66. The maximum absolute atomic E-state index is 11.8.